The fourth-order valence-electron chi connectivity index (χ4n) is 3.63. The van der Waals surface area contributed by atoms with E-state index in [-0.39, 0.29) is 11.6 Å². The van der Waals surface area contributed by atoms with Gasteiger partial charge in [-0.15, -0.1) is 10.2 Å². The van der Waals surface area contributed by atoms with Crippen molar-refractivity contribution in [2.75, 3.05) is 12.4 Å². The van der Waals surface area contributed by atoms with Crippen molar-refractivity contribution in [3.05, 3.63) is 90.5 Å². The number of benzene rings is 3. The molecule has 0 bridgehead atoms. The van der Waals surface area contributed by atoms with E-state index in [4.69, 9.17) is 9.47 Å². The van der Waals surface area contributed by atoms with Crippen molar-refractivity contribution in [2.45, 2.75) is 36.8 Å². The first-order valence-corrected chi connectivity index (χ1v) is 12.4. The van der Waals surface area contributed by atoms with E-state index < -0.39 is 17.2 Å². The lowest BCUT2D eigenvalue weighted by Gasteiger charge is -2.19. The van der Waals surface area contributed by atoms with E-state index in [0.717, 1.165) is 5.69 Å². The average Bonchev–Trinajstić information content (AvgIpc) is 3.33. The molecule has 0 fully saturated rings. The summed E-state index contributed by atoms with van der Waals surface area (Å²) in [5, 5.41) is 11.5. The van der Waals surface area contributed by atoms with Gasteiger partial charge in [-0.1, -0.05) is 61.2 Å². The number of thioether (sulfide) groups is 1. The van der Waals surface area contributed by atoms with Gasteiger partial charge in [0.25, 0.3) is 0 Å². The number of rotatable bonds is 10. The monoisotopic (exact) mass is 506 g/mol. The predicted octanol–water partition coefficient (Wildman–Crippen LogP) is 6.06. The van der Waals surface area contributed by atoms with E-state index in [1.807, 2.05) is 73.0 Å². The third-order valence-corrected chi connectivity index (χ3v) is 6.76. The van der Waals surface area contributed by atoms with Gasteiger partial charge in [0.15, 0.2) is 28.6 Å². The molecule has 0 spiro atoms. The topological polar surface area (TPSA) is 78.3 Å². The van der Waals surface area contributed by atoms with Crippen LogP contribution < -0.4 is 14.8 Å². The molecule has 7 nitrogen and oxygen atoms in total. The minimum atomic E-state index is -0.519. The maximum Gasteiger partial charge on any atom is 0.238 e. The van der Waals surface area contributed by atoms with Gasteiger partial charge in [-0.05, 0) is 49.7 Å². The summed E-state index contributed by atoms with van der Waals surface area (Å²) in [6.45, 7) is 3.78. The zero-order chi connectivity index (χ0) is 25.5. The Hall–Kier alpha value is -3.85. The molecule has 3 aromatic carbocycles. The standard InChI is InChI=1S/C27H27FN4O3S/c1-4-24(26(33)29-21-15-9-8-14-20(21)28)36-27-31-30-25(32(27)19-12-6-5-7-13-19)18(2)35-23-17-11-10-16-22(23)34-3/h5-18,24H,4H2,1-3H3,(H,29,33). The lowest BCUT2D eigenvalue weighted by Crippen LogP contribution is -2.25. The molecule has 2 unspecified atom stereocenters. The second-order valence-electron chi connectivity index (χ2n) is 7.91. The first kappa shape index (κ1) is 25.2. The summed E-state index contributed by atoms with van der Waals surface area (Å²) in [4.78, 5) is 13.0. The van der Waals surface area contributed by atoms with Crippen LogP contribution in [0.4, 0.5) is 10.1 Å². The lowest BCUT2D eigenvalue weighted by atomic mass is 10.2. The Bertz CT molecular complexity index is 1320. The van der Waals surface area contributed by atoms with Gasteiger partial charge in [0.2, 0.25) is 5.91 Å². The van der Waals surface area contributed by atoms with Crippen LogP contribution in [-0.4, -0.2) is 33.0 Å². The van der Waals surface area contributed by atoms with Gasteiger partial charge in [-0.25, -0.2) is 4.39 Å². The quantitative estimate of drug-likeness (QED) is 0.263. The average molecular weight is 507 g/mol. The van der Waals surface area contributed by atoms with Crippen LogP contribution in [0.2, 0.25) is 0 Å². The Kier molecular flexibility index (Phi) is 8.22. The number of anilines is 1. The molecule has 0 saturated heterocycles. The molecule has 0 aliphatic heterocycles. The van der Waals surface area contributed by atoms with Crippen LogP contribution in [0.25, 0.3) is 5.69 Å². The van der Waals surface area contributed by atoms with Gasteiger partial charge >= 0.3 is 0 Å². The number of nitrogens with one attached hydrogen (secondary N) is 1. The van der Waals surface area contributed by atoms with Crippen molar-refractivity contribution >= 4 is 23.4 Å². The molecule has 1 amide bonds. The molecule has 0 aliphatic rings. The number of para-hydroxylation sites is 4. The molecule has 1 heterocycles. The Labute approximate surface area is 213 Å². The molecule has 4 aromatic rings. The Morgan fingerprint density at radius 2 is 1.67 bits per heavy atom. The van der Waals surface area contributed by atoms with Crippen molar-refractivity contribution < 1.29 is 18.7 Å². The molecule has 1 N–H and O–H groups in total. The van der Waals surface area contributed by atoms with Crippen LogP contribution >= 0.6 is 11.8 Å². The number of nitrogens with zero attached hydrogens (tertiary/aromatic N) is 3. The molecule has 0 saturated carbocycles. The Morgan fingerprint density at radius 1 is 1.00 bits per heavy atom. The summed E-state index contributed by atoms with van der Waals surface area (Å²) >= 11 is 1.27. The van der Waals surface area contributed by atoms with E-state index in [0.29, 0.717) is 28.9 Å². The number of hydrogen-bond acceptors (Lipinski definition) is 6. The highest BCUT2D eigenvalue weighted by Gasteiger charge is 2.26. The van der Waals surface area contributed by atoms with Crippen molar-refractivity contribution in [3.63, 3.8) is 0 Å². The normalized spacial score (nSPS) is 12.6. The van der Waals surface area contributed by atoms with Gasteiger partial charge in [-0.3, -0.25) is 9.36 Å². The summed E-state index contributed by atoms with van der Waals surface area (Å²) in [6.07, 6.45) is 0.0329. The number of amides is 1. The van der Waals surface area contributed by atoms with E-state index in [1.54, 1.807) is 19.2 Å². The third-order valence-electron chi connectivity index (χ3n) is 5.45. The van der Waals surface area contributed by atoms with E-state index >= 15 is 0 Å². The van der Waals surface area contributed by atoms with E-state index in [1.165, 1.54) is 23.9 Å². The zero-order valence-corrected chi connectivity index (χ0v) is 21.0. The molecule has 1 aromatic heterocycles. The molecular formula is C27H27FN4O3S. The third kappa shape index (κ3) is 5.68. The fourth-order valence-corrected chi connectivity index (χ4v) is 4.60. The first-order chi connectivity index (χ1) is 17.5. The molecular weight excluding hydrogens is 479 g/mol. The molecule has 0 radical (unpaired) electrons. The van der Waals surface area contributed by atoms with Crippen LogP contribution in [0.3, 0.4) is 0 Å². The summed E-state index contributed by atoms with van der Waals surface area (Å²) in [5.74, 6) is 0.970. The van der Waals surface area contributed by atoms with Crippen LogP contribution in [-0.2, 0) is 4.79 Å². The largest absolute Gasteiger partial charge is 0.493 e. The summed E-state index contributed by atoms with van der Waals surface area (Å²) in [6, 6.07) is 23.1. The highest BCUT2D eigenvalue weighted by molar-refractivity contribution is 8.00. The van der Waals surface area contributed by atoms with Crippen LogP contribution in [0.15, 0.2) is 84.0 Å². The van der Waals surface area contributed by atoms with E-state index in [9.17, 15) is 9.18 Å². The van der Waals surface area contributed by atoms with E-state index in [2.05, 4.69) is 15.5 Å². The zero-order valence-electron chi connectivity index (χ0n) is 20.2. The van der Waals surface area contributed by atoms with Crippen molar-refractivity contribution in [1.29, 1.82) is 0 Å². The number of methoxy groups -OCH3 is 1. The summed E-state index contributed by atoms with van der Waals surface area (Å²) in [5.41, 5.74) is 0.977. The number of carbonyl (C=O) groups is 1. The van der Waals surface area contributed by atoms with Crippen molar-refractivity contribution in [1.82, 2.24) is 14.8 Å². The van der Waals surface area contributed by atoms with Crippen LogP contribution in [0.5, 0.6) is 11.5 Å². The van der Waals surface area contributed by atoms with Crippen LogP contribution in [0, 0.1) is 5.82 Å². The lowest BCUT2D eigenvalue weighted by molar-refractivity contribution is -0.115. The second kappa shape index (κ2) is 11.7. The Morgan fingerprint density at radius 3 is 2.36 bits per heavy atom. The van der Waals surface area contributed by atoms with Crippen molar-refractivity contribution in [2.24, 2.45) is 0 Å². The van der Waals surface area contributed by atoms with Gasteiger partial charge in [-0.2, -0.15) is 0 Å². The van der Waals surface area contributed by atoms with Gasteiger partial charge in [0.05, 0.1) is 18.0 Å². The predicted molar refractivity (Wildman–Crippen MR) is 138 cm³/mol. The van der Waals surface area contributed by atoms with Crippen LogP contribution in [0.1, 0.15) is 32.2 Å². The molecule has 4 rings (SSSR count). The molecule has 186 valence electrons. The smallest absolute Gasteiger partial charge is 0.238 e. The minimum Gasteiger partial charge on any atom is -0.493 e. The molecule has 2 atom stereocenters. The van der Waals surface area contributed by atoms with Crippen molar-refractivity contribution in [3.8, 4) is 17.2 Å². The number of halogens is 1. The van der Waals surface area contributed by atoms with Gasteiger partial charge in [0.1, 0.15) is 5.82 Å². The number of ether oxygens (including phenoxy) is 2. The van der Waals surface area contributed by atoms with Gasteiger partial charge < -0.3 is 14.8 Å². The summed E-state index contributed by atoms with van der Waals surface area (Å²) in [7, 11) is 1.59. The number of hydrogen-bond donors (Lipinski definition) is 1. The molecule has 9 heteroatoms. The molecule has 0 aliphatic carbocycles. The minimum absolute atomic E-state index is 0.144. The van der Waals surface area contributed by atoms with Gasteiger partial charge in [0, 0.05) is 5.69 Å². The molecule has 36 heavy (non-hydrogen) atoms. The SMILES string of the molecule is CCC(Sc1nnc(C(C)Oc2ccccc2OC)n1-c1ccccc1)C(=O)Nc1ccccc1F. The maximum atomic E-state index is 14.1. The number of aromatic nitrogens is 3. The highest BCUT2D eigenvalue weighted by atomic mass is 32.2. The first-order valence-electron chi connectivity index (χ1n) is 11.5. The second-order valence-corrected chi connectivity index (χ2v) is 9.08. The highest BCUT2D eigenvalue weighted by Crippen LogP contribution is 2.34. The summed E-state index contributed by atoms with van der Waals surface area (Å²) < 4.78 is 27.6. The fraction of sp³-hybridized carbons (Fsp3) is 0.222. The number of carbonyl (C=O) groups excluding carboxylic acids is 1. The Balaban J connectivity index is 1.63. The maximum absolute atomic E-state index is 14.1.